The Kier molecular flexibility index (Phi) is 3.99. The normalized spacial score (nSPS) is 10.2. The number of aromatic nitrogens is 1. The summed E-state index contributed by atoms with van der Waals surface area (Å²) in [7, 11) is 0. The number of thiazole rings is 1. The third-order valence-electron chi connectivity index (χ3n) is 2.03. The van der Waals surface area contributed by atoms with E-state index in [1.807, 2.05) is 5.38 Å². The van der Waals surface area contributed by atoms with Crippen molar-refractivity contribution in [1.82, 2.24) is 4.98 Å². The predicted molar refractivity (Wildman–Crippen MR) is 70.9 cm³/mol. The molecule has 1 heterocycles. The van der Waals surface area contributed by atoms with E-state index in [4.69, 9.17) is 23.2 Å². The molecule has 0 saturated heterocycles. The van der Waals surface area contributed by atoms with Crippen LogP contribution in [0.5, 0.6) is 0 Å². The number of carbonyl (C=O) groups is 1. The van der Waals surface area contributed by atoms with Gasteiger partial charge >= 0.3 is 0 Å². The molecule has 2 aromatic rings. The van der Waals surface area contributed by atoms with Gasteiger partial charge in [-0.05, 0) is 18.2 Å². The van der Waals surface area contributed by atoms with E-state index in [1.165, 1.54) is 11.3 Å². The van der Waals surface area contributed by atoms with Crippen LogP contribution < -0.4 is 5.32 Å². The molecule has 2 rings (SSSR count). The molecule has 17 heavy (non-hydrogen) atoms. The summed E-state index contributed by atoms with van der Waals surface area (Å²) in [5, 5.41) is 5.52. The Labute approximate surface area is 112 Å². The monoisotopic (exact) mass is 286 g/mol. The SMILES string of the molecule is O=C(Cc1cscn1)Nc1cc(Cl)ccc1Cl. The molecule has 88 valence electrons. The largest absolute Gasteiger partial charge is 0.324 e. The van der Waals surface area contributed by atoms with Crippen molar-refractivity contribution >= 4 is 46.1 Å². The first-order chi connectivity index (χ1) is 8.15. The van der Waals surface area contributed by atoms with Crippen LogP contribution in [0.1, 0.15) is 5.69 Å². The average molecular weight is 287 g/mol. The summed E-state index contributed by atoms with van der Waals surface area (Å²) < 4.78 is 0. The zero-order valence-corrected chi connectivity index (χ0v) is 10.9. The molecule has 0 unspecified atom stereocenters. The van der Waals surface area contributed by atoms with E-state index in [9.17, 15) is 4.79 Å². The topological polar surface area (TPSA) is 42.0 Å². The van der Waals surface area contributed by atoms with Crippen molar-refractivity contribution in [3.63, 3.8) is 0 Å². The van der Waals surface area contributed by atoms with Crippen LogP contribution in [0.2, 0.25) is 10.0 Å². The number of amides is 1. The lowest BCUT2D eigenvalue weighted by molar-refractivity contribution is -0.115. The first-order valence-corrected chi connectivity index (χ1v) is 6.47. The Morgan fingerprint density at radius 2 is 2.24 bits per heavy atom. The van der Waals surface area contributed by atoms with Gasteiger partial charge in [0.2, 0.25) is 5.91 Å². The van der Waals surface area contributed by atoms with Crippen LogP contribution in [0.15, 0.2) is 29.1 Å². The van der Waals surface area contributed by atoms with Crippen LogP contribution in [0.3, 0.4) is 0 Å². The van der Waals surface area contributed by atoms with Gasteiger partial charge in [-0.25, -0.2) is 4.98 Å². The maximum Gasteiger partial charge on any atom is 0.230 e. The van der Waals surface area contributed by atoms with Crippen molar-refractivity contribution in [2.45, 2.75) is 6.42 Å². The van der Waals surface area contributed by atoms with Crippen LogP contribution in [-0.4, -0.2) is 10.9 Å². The van der Waals surface area contributed by atoms with Gasteiger partial charge in [0.25, 0.3) is 0 Å². The molecule has 0 radical (unpaired) electrons. The highest BCUT2D eigenvalue weighted by atomic mass is 35.5. The zero-order chi connectivity index (χ0) is 12.3. The molecule has 6 heteroatoms. The summed E-state index contributed by atoms with van der Waals surface area (Å²) in [5.41, 5.74) is 2.94. The van der Waals surface area contributed by atoms with Gasteiger partial charge < -0.3 is 5.32 Å². The molecule has 0 aliphatic rings. The summed E-state index contributed by atoms with van der Waals surface area (Å²) >= 11 is 13.2. The number of hydrogen-bond acceptors (Lipinski definition) is 3. The van der Waals surface area contributed by atoms with E-state index < -0.39 is 0 Å². The number of hydrogen-bond donors (Lipinski definition) is 1. The van der Waals surface area contributed by atoms with Gasteiger partial charge in [0.1, 0.15) is 0 Å². The Morgan fingerprint density at radius 1 is 1.41 bits per heavy atom. The molecule has 0 atom stereocenters. The smallest absolute Gasteiger partial charge is 0.230 e. The highest BCUT2D eigenvalue weighted by molar-refractivity contribution is 7.07. The minimum absolute atomic E-state index is 0.167. The first kappa shape index (κ1) is 12.4. The number of nitrogens with zero attached hydrogens (tertiary/aromatic N) is 1. The van der Waals surface area contributed by atoms with E-state index in [-0.39, 0.29) is 12.3 Å². The fourth-order valence-electron chi connectivity index (χ4n) is 1.28. The number of nitrogens with one attached hydrogen (secondary N) is 1. The van der Waals surface area contributed by atoms with E-state index in [1.54, 1.807) is 23.7 Å². The van der Waals surface area contributed by atoms with Gasteiger partial charge in [-0.3, -0.25) is 4.79 Å². The van der Waals surface area contributed by atoms with Gasteiger partial charge in [0.15, 0.2) is 0 Å². The third kappa shape index (κ3) is 3.43. The summed E-state index contributed by atoms with van der Waals surface area (Å²) in [5.74, 6) is -0.167. The van der Waals surface area contributed by atoms with E-state index >= 15 is 0 Å². The number of anilines is 1. The number of benzene rings is 1. The van der Waals surface area contributed by atoms with Crippen molar-refractivity contribution < 1.29 is 4.79 Å². The quantitative estimate of drug-likeness (QED) is 0.936. The minimum Gasteiger partial charge on any atom is -0.324 e. The predicted octanol–water partition coefficient (Wildman–Crippen LogP) is 3.63. The average Bonchev–Trinajstić information content (AvgIpc) is 2.76. The second kappa shape index (κ2) is 5.49. The highest BCUT2D eigenvalue weighted by Gasteiger charge is 2.08. The molecule has 0 saturated carbocycles. The van der Waals surface area contributed by atoms with E-state index in [0.717, 1.165) is 5.69 Å². The summed E-state index contributed by atoms with van der Waals surface area (Å²) in [6.07, 6.45) is 0.229. The van der Waals surface area contributed by atoms with Crippen molar-refractivity contribution in [2.75, 3.05) is 5.32 Å². The summed E-state index contributed by atoms with van der Waals surface area (Å²) in [6, 6.07) is 4.92. The number of halogens is 2. The van der Waals surface area contributed by atoms with Crippen molar-refractivity contribution in [2.24, 2.45) is 0 Å². The van der Waals surface area contributed by atoms with Crippen LogP contribution >= 0.6 is 34.5 Å². The molecule has 0 bridgehead atoms. The van der Waals surface area contributed by atoms with Crippen LogP contribution in [0.4, 0.5) is 5.69 Å². The maximum absolute atomic E-state index is 11.7. The second-order valence-corrected chi connectivity index (χ2v) is 4.89. The van der Waals surface area contributed by atoms with Crippen molar-refractivity contribution in [3.05, 3.63) is 44.8 Å². The lowest BCUT2D eigenvalue weighted by Crippen LogP contribution is -2.14. The van der Waals surface area contributed by atoms with Crippen molar-refractivity contribution in [3.8, 4) is 0 Å². The molecule has 0 fully saturated rings. The molecule has 0 spiro atoms. The standard InChI is InChI=1S/C11H8Cl2N2OS/c12-7-1-2-9(13)10(3-7)15-11(16)4-8-5-17-6-14-8/h1-3,5-6H,4H2,(H,15,16). The third-order valence-corrected chi connectivity index (χ3v) is 3.23. The maximum atomic E-state index is 11.7. The fraction of sp³-hybridized carbons (Fsp3) is 0.0909. The zero-order valence-electron chi connectivity index (χ0n) is 8.61. The van der Waals surface area contributed by atoms with Gasteiger partial charge in [-0.1, -0.05) is 23.2 Å². The summed E-state index contributed by atoms with van der Waals surface area (Å²) in [6.45, 7) is 0. The first-order valence-electron chi connectivity index (χ1n) is 4.77. The summed E-state index contributed by atoms with van der Waals surface area (Å²) in [4.78, 5) is 15.7. The highest BCUT2D eigenvalue weighted by Crippen LogP contribution is 2.25. The van der Waals surface area contributed by atoms with Crippen molar-refractivity contribution in [1.29, 1.82) is 0 Å². The lowest BCUT2D eigenvalue weighted by atomic mass is 10.3. The van der Waals surface area contributed by atoms with Gasteiger partial charge in [-0.15, -0.1) is 11.3 Å². The van der Waals surface area contributed by atoms with Crippen LogP contribution in [-0.2, 0) is 11.2 Å². The Hall–Kier alpha value is -1.10. The van der Waals surface area contributed by atoms with E-state index in [2.05, 4.69) is 10.3 Å². The molecule has 1 aromatic carbocycles. The Bertz CT molecular complexity index is 528. The minimum atomic E-state index is -0.167. The second-order valence-electron chi connectivity index (χ2n) is 3.33. The van der Waals surface area contributed by atoms with Gasteiger partial charge in [-0.2, -0.15) is 0 Å². The van der Waals surface area contributed by atoms with Crippen LogP contribution in [0.25, 0.3) is 0 Å². The van der Waals surface area contributed by atoms with Crippen LogP contribution in [0, 0.1) is 0 Å². The molecule has 3 nitrogen and oxygen atoms in total. The Morgan fingerprint density at radius 3 is 2.94 bits per heavy atom. The molecular weight excluding hydrogens is 279 g/mol. The fourth-order valence-corrected chi connectivity index (χ4v) is 2.17. The molecule has 0 aliphatic carbocycles. The molecule has 1 amide bonds. The Balaban J connectivity index is 2.05. The number of rotatable bonds is 3. The van der Waals surface area contributed by atoms with Gasteiger partial charge in [0, 0.05) is 10.4 Å². The van der Waals surface area contributed by atoms with E-state index in [0.29, 0.717) is 15.7 Å². The lowest BCUT2D eigenvalue weighted by Gasteiger charge is -2.06. The molecule has 1 N–H and O–H groups in total. The molecule has 1 aromatic heterocycles. The van der Waals surface area contributed by atoms with Gasteiger partial charge in [0.05, 0.1) is 28.3 Å². The molecule has 0 aliphatic heterocycles. The number of carbonyl (C=O) groups excluding carboxylic acids is 1. The molecular formula is C11H8Cl2N2OS.